The number of hydrogen-bond acceptors (Lipinski definition) is 5. The maximum absolute atomic E-state index is 13.8. The van der Waals surface area contributed by atoms with Crippen LogP contribution in [0.25, 0.3) is 0 Å². The van der Waals surface area contributed by atoms with E-state index in [4.69, 9.17) is 21.1 Å². The molecule has 0 aromatic heterocycles. The van der Waals surface area contributed by atoms with Crippen molar-refractivity contribution < 1.29 is 19.1 Å². The highest BCUT2D eigenvalue weighted by molar-refractivity contribution is 7.99. The van der Waals surface area contributed by atoms with E-state index in [0.717, 1.165) is 20.9 Å². The van der Waals surface area contributed by atoms with E-state index >= 15 is 0 Å². The number of benzene rings is 4. The highest BCUT2D eigenvalue weighted by atomic mass is 35.5. The number of fused-ring (bicyclic) bond motifs is 2. The Morgan fingerprint density at radius 3 is 2.46 bits per heavy atom. The minimum atomic E-state index is -0.213. The van der Waals surface area contributed by atoms with Crippen molar-refractivity contribution in [2.45, 2.75) is 22.8 Å². The minimum Gasteiger partial charge on any atom is -0.493 e. The molecule has 1 N–H and O–H groups in total. The predicted octanol–water partition coefficient (Wildman–Crippen LogP) is 6.64. The minimum absolute atomic E-state index is 0.136. The summed E-state index contributed by atoms with van der Waals surface area (Å²) >= 11 is 7.98. The molecule has 0 saturated heterocycles. The van der Waals surface area contributed by atoms with Gasteiger partial charge >= 0.3 is 0 Å². The van der Waals surface area contributed by atoms with E-state index in [-0.39, 0.29) is 18.4 Å². The number of ether oxygens (including phenoxy) is 2. The van der Waals surface area contributed by atoms with Crippen LogP contribution in [0.1, 0.15) is 31.8 Å². The van der Waals surface area contributed by atoms with Crippen molar-refractivity contribution in [1.82, 2.24) is 5.32 Å². The van der Waals surface area contributed by atoms with Gasteiger partial charge in [0.1, 0.15) is 0 Å². The highest BCUT2D eigenvalue weighted by Crippen LogP contribution is 2.42. The second kappa shape index (κ2) is 11.8. The van der Waals surface area contributed by atoms with E-state index in [1.54, 1.807) is 31.3 Å². The Balaban J connectivity index is 1.39. The van der Waals surface area contributed by atoms with Crippen LogP contribution in [0.2, 0.25) is 5.02 Å². The Morgan fingerprint density at radius 2 is 1.67 bits per heavy atom. The maximum atomic E-state index is 13.8. The summed E-state index contributed by atoms with van der Waals surface area (Å²) in [4.78, 5) is 30.4. The van der Waals surface area contributed by atoms with Gasteiger partial charge in [0.25, 0.3) is 11.8 Å². The zero-order valence-corrected chi connectivity index (χ0v) is 23.1. The SMILES string of the molecule is COc1ccc(CCNC(=O)c2ccc3c(c2)N(Cc2ccccc2Cl)C(=O)c2ccccc2S3)cc1OC. The predicted molar refractivity (Wildman–Crippen MR) is 155 cm³/mol. The number of rotatable bonds is 8. The van der Waals surface area contributed by atoms with Crippen LogP contribution in [-0.2, 0) is 13.0 Å². The van der Waals surface area contributed by atoms with Crippen LogP contribution in [0.15, 0.2) is 94.7 Å². The zero-order chi connectivity index (χ0) is 27.4. The molecule has 0 radical (unpaired) electrons. The Hall–Kier alpha value is -3.94. The Morgan fingerprint density at radius 1 is 0.897 bits per heavy atom. The van der Waals surface area contributed by atoms with E-state index in [0.29, 0.717) is 46.3 Å². The molecule has 39 heavy (non-hydrogen) atoms. The van der Waals surface area contributed by atoms with Gasteiger partial charge in [0.05, 0.1) is 32.0 Å². The van der Waals surface area contributed by atoms with Crippen molar-refractivity contribution in [3.63, 3.8) is 0 Å². The third-order valence-electron chi connectivity index (χ3n) is 6.53. The lowest BCUT2D eigenvalue weighted by molar-refractivity contribution is 0.0950. The summed E-state index contributed by atoms with van der Waals surface area (Å²) in [6, 6.07) is 26.2. The van der Waals surface area contributed by atoms with Crippen molar-refractivity contribution in [2.75, 3.05) is 25.7 Å². The first-order valence-corrected chi connectivity index (χ1v) is 13.6. The lowest BCUT2D eigenvalue weighted by Crippen LogP contribution is -2.31. The first kappa shape index (κ1) is 26.7. The van der Waals surface area contributed by atoms with Gasteiger partial charge < -0.3 is 19.7 Å². The number of nitrogens with one attached hydrogen (secondary N) is 1. The van der Waals surface area contributed by atoms with Crippen molar-refractivity contribution in [1.29, 1.82) is 0 Å². The summed E-state index contributed by atoms with van der Waals surface area (Å²) in [6.07, 6.45) is 0.624. The molecular weight excluding hydrogens is 532 g/mol. The molecular formula is C31H27ClN2O4S. The second-order valence-electron chi connectivity index (χ2n) is 8.96. The molecule has 0 fully saturated rings. The number of halogens is 1. The summed E-state index contributed by atoms with van der Waals surface area (Å²) in [5, 5.41) is 3.58. The van der Waals surface area contributed by atoms with Crippen LogP contribution >= 0.6 is 23.4 Å². The third kappa shape index (κ3) is 5.75. The topological polar surface area (TPSA) is 67.9 Å². The number of carbonyl (C=O) groups is 2. The van der Waals surface area contributed by atoms with Gasteiger partial charge in [-0.1, -0.05) is 59.8 Å². The Kier molecular flexibility index (Phi) is 8.10. The molecule has 0 saturated carbocycles. The van der Waals surface area contributed by atoms with Crippen LogP contribution in [0, 0.1) is 0 Å². The van der Waals surface area contributed by atoms with Gasteiger partial charge in [-0.15, -0.1) is 0 Å². The molecule has 6 nitrogen and oxygen atoms in total. The largest absolute Gasteiger partial charge is 0.493 e. The van der Waals surface area contributed by atoms with Crippen LogP contribution in [0.3, 0.4) is 0 Å². The average Bonchev–Trinajstić information content (AvgIpc) is 3.07. The highest BCUT2D eigenvalue weighted by Gasteiger charge is 2.28. The molecule has 2 amide bonds. The molecule has 1 heterocycles. The number of hydrogen-bond donors (Lipinski definition) is 1. The van der Waals surface area contributed by atoms with E-state index in [9.17, 15) is 9.59 Å². The van der Waals surface area contributed by atoms with Crippen LogP contribution < -0.4 is 19.7 Å². The number of methoxy groups -OCH3 is 2. The molecule has 4 aromatic rings. The molecule has 198 valence electrons. The summed E-state index contributed by atoms with van der Waals surface area (Å²) in [5.74, 6) is 0.956. The molecule has 1 aliphatic heterocycles. The van der Waals surface area contributed by atoms with Gasteiger partial charge in [-0.05, 0) is 66.1 Å². The molecule has 0 bridgehead atoms. The molecule has 4 aromatic carbocycles. The summed E-state index contributed by atoms with van der Waals surface area (Å²) in [6.45, 7) is 0.721. The molecule has 5 rings (SSSR count). The normalized spacial score (nSPS) is 12.3. The number of nitrogens with zero attached hydrogens (tertiary/aromatic N) is 1. The van der Waals surface area contributed by atoms with Crippen molar-refractivity contribution in [3.8, 4) is 11.5 Å². The molecule has 0 atom stereocenters. The molecule has 0 spiro atoms. The zero-order valence-electron chi connectivity index (χ0n) is 21.6. The number of amides is 2. The molecule has 8 heteroatoms. The quantitative estimate of drug-likeness (QED) is 0.262. The number of carbonyl (C=O) groups excluding carboxylic acids is 2. The fourth-order valence-corrected chi connectivity index (χ4v) is 5.73. The first-order valence-electron chi connectivity index (χ1n) is 12.4. The maximum Gasteiger partial charge on any atom is 0.259 e. The molecule has 0 unspecified atom stereocenters. The van der Waals surface area contributed by atoms with E-state index in [1.165, 1.54) is 11.8 Å². The summed E-state index contributed by atoms with van der Waals surface area (Å²) in [7, 11) is 3.19. The van der Waals surface area contributed by atoms with E-state index in [1.807, 2.05) is 72.8 Å². The van der Waals surface area contributed by atoms with Crippen LogP contribution in [-0.4, -0.2) is 32.6 Å². The lowest BCUT2D eigenvalue weighted by atomic mass is 10.1. The van der Waals surface area contributed by atoms with Gasteiger partial charge in [-0.2, -0.15) is 0 Å². The molecule has 1 aliphatic rings. The van der Waals surface area contributed by atoms with Crippen molar-refractivity contribution in [3.05, 3.63) is 112 Å². The fourth-order valence-electron chi connectivity index (χ4n) is 4.47. The van der Waals surface area contributed by atoms with Gasteiger partial charge in [0.2, 0.25) is 0 Å². The Labute approximate surface area is 236 Å². The van der Waals surface area contributed by atoms with Crippen molar-refractivity contribution in [2.24, 2.45) is 0 Å². The van der Waals surface area contributed by atoms with Gasteiger partial charge in [0, 0.05) is 26.9 Å². The fraction of sp³-hybridized carbons (Fsp3) is 0.161. The van der Waals surface area contributed by atoms with E-state index in [2.05, 4.69) is 5.32 Å². The van der Waals surface area contributed by atoms with Crippen LogP contribution in [0.4, 0.5) is 5.69 Å². The van der Waals surface area contributed by atoms with Gasteiger partial charge in [0.15, 0.2) is 11.5 Å². The van der Waals surface area contributed by atoms with Gasteiger partial charge in [-0.3, -0.25) is 9.59 Å². The Bertz CT molecular complexity index is 1540. The van der Waals surface area contributed by atoms with Crippen molar-refractivity contribution >= 4 is 40.9 Å². The number of anilines is 1. The monoisotopic (exact) mass is 558 g/mol. The van der Waals surface area contributed by atoms with Gasteiger partial charge in [-0.25, -0.2) is 0 Å². The molecule has 0 aliphatic carbocycles. The standard InChI is InChI=1S/C31H27ClN2O4S/c1-37-26-13-11-20(17-27(26)38-2)15-16-33-30(35)21-12-14-29-25(18-21)34(19-22-7-3-5-9-24(22)32)31(36)23-8-4-6-10-28(23)39-29/h3-14,17-18H,15-16,19H2,1-2H3,(H,33,35). The third-order valence-corrected chi connectivity index (χ3v) is 8.04. The lowest BCUT2D eigenvalue weighted by Gasteiger charge is -2.24. The second-order valence-corrected chi connectivity index (χ2v) is 10.4. The van der Waals surface area contributed by atoms with E-state index < -0.39 is 0 Å². The first-order chi connectivity index (χ1) is 19.0. The summed E-state index contributed by atoms with van der Waals surface area (Å²) in [5.41, 5.74) is 3.61. The summed E-state index contributed by atoms with van der Waals surface area (Å²) < 4.78 is 10.7. The average molecular weight is 559 g/mol. The smallest absolute Gasteiger partial charge is 0.259 e. The van der Waals surface area contributed by atoms with Crippen LogP contribution in [0.5, 0.6) is 11.5 Å².